The summed E-state index contributed by atoms with van der Waals surface area (Å²) in [5, 5.41) is 10.1. The average Bonchev–Trinajstić information content (AvgIpc) is 3.09. The zero-order valence-electron chi connectivity index (χ0n) is 16.3. The molecule has 0 unspecified atom stereocenters. The number of carboxylic acid groups (broad SMARTS) is 1. The minimum Gasteiger partial charge on any atom is -0.478 e. The van der Waals surface area contributed by atoms with Crippen LogP contribution >= 0.6 is 0 Å². The van der Waals surface area contributed by atoms with E-state index >= 15 is 0 Å². The number of furan rings is 1. The molecule has 1 heterocycles. The van der Waals surface area contributed by atoms with Crippen molar-refractivity contribution in [2.75, 3.05) is 0 Å². The van der Waals surface area contributed by atoms with Crippen LogP contribution in [0.25, 0.3) is 11.0 Å². The second-order valence-corrected chi connectivity index (χ2v) is 7.97. The number of carboxylic acids is 1. The molecular formula is C23H28O3. The Kier molecular flexibility index (Phi) is 4.83. The maximum absolute atomic E-state index is 10.7. The summed E-state index contributed by atoms with van der Waals surface area (Å²) in [5.74, 6) is 1.08. The number of hydrogen-bond acceptors (Lipinski definition) is 2. The molecule has 0 radical (unpaired) electrons. The van der Waals surface area contributed by atoms with E-state index in [1.807, 2.05) is 13.0 Å². The third-order valence-electron chi connectivity index (χ3n) is 5.61. The van der Waals surface area contributed by atoms with Gasteiger partial charge in [-0.1, -0.05) is 45.9 Å². The van der Waals surface area contributed by atoms with Gasteiger partial charge in [-0.15, -0.1) is 0 Å². The Morgan fingerprint density at radius 1 is 1.42 bits per heavy atom. The van der Waals surface area contributed by atoms with Gasteiger partial charge in [-0.2, -0.15) is 0 Å². The number of hydrogen-bond donors (Lipinski definition) is 1. The van der Waals surface area contributed by atoms with E-state index < -0.39 is 5.97 Å². The summed E-state index contributed by atoms with van der Waals surface area (Å²) in [4.78, 5) is 10.7. The molecule has 0 spiro atoms. The lowest BCUT2D eigenvalue weighted by Gasteiger charge is -2.12. The topological polar surface area (TPSA) is 50.4 Å². The number of carbonyl (C=O) groups is 1. The molecule has 1 aliphatic rings. The second kappa shape index (κ2) is 6.79. The molecule has 3 rings (SSSR count). The third-order valence-corrected chi connectivity index (χ3v) is 5.61. The summed E-state index contributed by atoms with van der Waals surface area (Å²) >= 11 is 0. The molecule has 0 aliphatic heterocycles. The molecule has 138 valence electrons. The Bertz CT molecular complexity index is 898. The van der Waals surface area contributed by atoms with E-state index in [2.05, 4.69) is 52.0 Å². The maximum atomic E-state index is 10.7. The first-order valence-electron chi connectivity index (χ1n) is 9.41. The number of allylic oxidation sites excluding steroid dienone is 3. The predicted molar refractivity (Wildman–Crippen MR) is 106 cm³/mol. The molecule has 1 aliphatic carbocycles. The van der Waals surface area contributed by atoms with Gasteiger partial charge in [-0.25, -0.2) is 4.79 Å². The van der Waals surface area contributed by atoms with E-state index in [1.54, 1.807) is 0 Å². The van der Waals surface area contributed by atoms with Crippen molar-refractivity contribution in [3.05, 3.63) is 58.9 Å². The minimum absolute atomic E-state index is 0.117. The van der Waals surface area contributed by atoms with Gasteiger partial charge in [0.1, 0.15) is 11.3 Å². The second-order valence-electron chi connectivity index (χ2n) is 7.97. The molecule has 1 fully saturated rings. The van der Waals surface area contributed by atoms with Crippen LogP contribution in [0.3, 0.4) is 0 Å². The maximum Gasteiger partial charge on any atom is 0.328 e. The number of fused-ring (bicyclic) bond motifs is 1. The fourth-order valence-corrected chi connectivity index (χ4v) is 3.94. The summed E-state index contributed by atoms with van der Waals surface area (Å²) in [6.45, 7) is 10.7. The normalized spacial score (nSPS) is 23.3. The summed E-state index contributed by atoms with van der Waals surface area (Å²) in [7, 11) is 0. The van der Waals surface area contributed by atoms with Crippen LogP contribution in [0.15, 0.2) is 46.4 Å². The van der Waals surface area contributed by atoms with Crippen molar-refractivity contribution in [2.24, 2.45) is 5.92 Å². The molecular weight excluding hydrogens is 324 g/mol. The van der Waals surface area contributed by atoms with Gasteiger partial charge in [-0.05, 0) is 53.9 Å². The van der Waals surface area contributed by atoms with E-state index in [1.165, 1.54) is 22.6 Å². The summed E-state index contributed by atoms with van der Waals surface area (Å²) in [5.41, 5.74) is 4.54. The molecule has 0 amide bonds. The van der Waals surface area contributed by atoms with Crippen LogP contribution < -0.4 is 0 Å². The van der Waals surface area contributed by atoms with Gasteiger partial charge >= 0.3 is 5.97 Å². The van der Waals surface area contributed by atoms with Gasteiger partial charge in [0.15, 0.2) is 0 Å². The number of rotatable bonds is 6. The van der Waals surface area contributed by atoms with Crippen molar-refractivity contribution >= 4 is 16.9 Å². The summed E-state index contributed by atoms with van der Waals surface area (Å²) in [6.07, 6.45) is 7.32. The molecule has 3 heteroatoms. The highest BCUT2D eigenvalue weighted by atomic mass is 16.4. The van der Waals surface area contributed by atoms with E-state index in [4.69, 9.17) is 9.52 Å². The number of aliphatic carboxylic acids is 1. The number of aryl methyl sites for hydroxylation is 1. The first-order chi connectivity index (χ1) is 12.3. The lowest BCUT2D eigenvalue weighted by Crippen LogP contribution is -2.03. The van der Waals surface area contributed by atoms with E-state index in [9.17, 15) is 4.79 Å². The summed E-state index contributed by atoms with van der Waals surface area (Å²) in [6, 6.07) is 6.60. The van der Waals surface area contributed by atoms with Gasteiger partial charge in [0.25, 0.3) is 0 Å². The average molecular weight is 352 g/mol. The highest BCUT2D eigenvalue weighted by Crippen LogP contribution is 2.55. The van der Waals surface area contributed by atoms with Crippen molar-refractivity contribution in [3.63, 3.8) is 0 Å². The van der Waals surface area contributed by atoms with Gasteiger partial charge in [0.2, 0.25) is 0 Å². The molecule has 2 atom stereocenters. The largest absolute Gasteiger partial charge is 0.478 e. The van der Waals surface area contributed by atoms with Gasteiger partial charge in [-0.3, -0.25) is 0 Å². The highest BCUT2D eigenvalue weighted by molar-refractivity contribution is 5.84. The molecule has 0 saturated heterocycles. The zero-order valence-corrected chi connectivity index (χ0v) is 16.3. The Hall–Kier alpha value is -2.29. The zero-order chi connectivity index (χ0) is 19.1. The molecule has 1 saturated carbocycles. The third kappa shape index (κ3) is 3.35. The standard InChI is InChI=1S/C23H28O3/c1-6-19-22(14(2)3)18-12-16(9-10-20(18)26-19)23(5)13-17(23)8-7-15(4)11-21(24)25/h7-12,14,17H,6,13H2,1-5H3,(H,24,25)/b8-7+,15-11+/t17-,23-/m1/s1. The van der Waals surface area contributed by atoms with Crippen LogP contribution in [-0.2, 0) is 16.6 Å². The van der Waals surface area contributed by atoms with Crippen molar-refractivity contribution in [1.29, 1.82) is 0 Å². The molecule has 1 N–H and O–H groups in total. The fourth-order valence-electron chi connectivity index (χ4n) is 3.94. The van der Waals surface area contributed by atoms with Gasteiger partial charge < -0.3 is 9.52 Å². The molecule has 26 heavy (non-hydrogen) atoms. The molecule has 1 aromatic carbocycles. The summed E-state index contributed by atoms with van der Waals surface area (Å²) < 4.78 is 6.06. The van der Waals surface area contributed by atoms with Crippen LogP contribution in [0.1, 0.15) is 63.8 Å². The van der Waals surface area contributed by atoms with E-state index in [0.717, 1.165) is 29.8 Å². The van der Waals surface area contributed by atoms with Gasteiger partial charge in [0, 0.05) is 23.4 Å². The predicted octanol–water partition coefficient (Wildman–Crippen LogP) is 5.98. The lowest BCUT2D eigenvalue weighted by molar-refractivity contribution is -0.131. The van der Waals surface area contributed by atoms with E-state index in [0.29, 0.717) is 11.8 Å². The Labute approximate surface area is 155 Å². The Balaban J connectivity index is 1.90. The Morgan fingerprint density at radius 2 is 2.15 bits per heavy atom. The quantitative estimate of drug-likeness (QED) is 0.513. The van der Waals surface area contributed by atoms with Crippen LogP contribution in [0.5, 0.6) is 0 Å². The molecule has 2 aromatic rings. The van der Waals surface area contributed by atoms with Crippen molar-refractivity contribution < 1.29 is 14.3 Å². The minimum atomic E-state index is -0.899. The fraction of sp³-hybridized carbons (Fsp3) is 0.435. The Morgan fingerprint density at radius 3 is 2.77 bits per heavy atom. The van der Waals surface area contributed by atoms with Crippen LogP contribution in [0.2, 0.25) is 0 Å². The number of benzene rings is 1. The van der Waals surface area contributed by atoms with Crippen LogP contribution in [0, 0.1) is 5.92 Å². The molecule has 1 aromatic heterocycles. The van der Waals surface area contributed by atoms with Crippen LogP contribution in [-0.4, -0.2) is 11.1 Å². The smallest absolute Gasteiger partial charge is 0.328 e. The highest BCUT2D eigenvalue weighted by Gasteiger charge is 2.49. The van der Waals surface area contributed by atoms with E-state index in [-0.39, 0.29) is 5.41 Å². The SMILES string of the molecule is CCc1oc2ccc([C@@]3(C)C[C@H]3/C=C/C(C)=C/C(=O)O)cc2c1C(C)C. The van der Waals surface area contributed by atoms with Crippen LogP contribution in [0.4, 0.5) is 0 Å². The van der Waals surface area contributed by atoms with Crippen molar-refractivity contribution in [1.82, 2.24) is 0 Å². The first-order valence-corrected chi connectivity index (χ1v) is 9.41. The molecule has 0 bridgehead atoms. The monoisotopic (exact) mass is 352 g/mol. The first kappa shape index (κ1) is 18.5. The van der Waals surface area contributed by atoms with Crippen molar-refractivity contribution in [3.8, 4) is 0 Å². The van der Waals surface area contributed by atoms with Crippen molar-refractivity contribution in [2.45, 2.75) is 58.8 Å². The molecule has 3 nitrogen and oxygen atoms in total. The van der Waals surface area contributed by atoms with Gasteiger partial charge in [0.05, 0.1) is 0 Å². The lowest BCUT2D eigenvalue weighted by atomic mass is 9.91.